The molecular weight excluding hydrogens is 316 g/mol. The van der Waals surface area contributed by atoms with Gasteiger partial charge in [-0.25, -0.2) is 9.97 Å². The van der Waals surface area contributed by atoms with Crippen molar-refractivity contribution in [1.82, 2.24) is 9.97 Å². The van der Waals surface area contributed by atoms with E-state index in [1.54, 1.807) is 13.3 Å². The van der Waals surface area contributed by atoms with Gasteiger partial charge in [-0.1, -0.05) is 18.2 Å². The highest BCUT2D eigenvalue weighted by Crippen LogP contribution is 2.23. The number of carbonyl (C=O) groups is 1. The summed E-state index contributed by atoms with van der Waals surface area (Å²) in [5.74, 6) is 1.16. The molecule has 0 saturated carbocycles. The van der Waals surface area contributed by atoms with Crippen LogP contribution in [-0.4, -0.2) is 23.0 Å². The number of nitrogens with zero attached hydrogens (tertiary/aromatic N) is 2. The van der Waals surface area contributed by atoms with Crippen LogP contribution in [0.5, 0.6) is 5.75 Å². The van der Waals surface area contributed by atoms with Crippen LogP contribution in [0.3, 0.4) is 0 Å². The molecular formula is C19H18N4O2. The normalized spacial score (nSPS) is 10.2. The van der Waals surface area contributed by atoms with Gasteiger partial charge in [0.2, 0.25) is 11.9 Å². The minimum absolute atomic E-state index is 0.0976. The summed E-state index contributed by atoms with van der Waals surface area (Å²) < 4.78 is 5.21. The number of hydrogen-bond acceptors (Lipinski definition) is 5. The second-order valence-corrected chi connectivity index (χ2v) is 5.38. The topological polar surface area (TPSA) is 76.1 Å². The molecule has 0 unspecified atom stereocenters. The van der Waals surface area contributed by atoms with Crippen molar-refractivity contribution in [3.8, 4) is 17.0 Å². The van der Waals surface area contributed by atoms with Crippen molar-refractivity contribution in [3.05, 3.63) is 60.8 Å². The number of nitrogens with one attached hydrogen (secondary N) is 2. The molecule has 0 saturated heterocycles. The summed E-state index contributed by atoms with van der Waals surface area (Å²) >= 11 is 0. The summed E-state index contributed by atoms with van der Waals surface area (Å²) in [6, 6.07) is 16.9. The van der Waals surface area contributed by atoms with E-state index in [2.05, 4.69) is 20.6 Å². The van der Waals surface area contributed by atoms with E-state index in [4.69, 9.17) is 4.74 Å². The van der Waals surface area contributed by atoms with Gasteiger partial charge < -0.3 is 15.4 Å². The standard InChI is InChI=1S/C19H18N4O2/c1-13(24)21-15-8-6-14(7-9-15)18-10-11-20-19(23-18)22-16-4-3-5-17(12-16)25-2/h3-12H,1-2H3,(H,21,24)(H,20,22,23). The van der Waals surface area contributed by atoms with Crippen LogP contribution >= 0.6 is 0 Å². The molecule has 0 aliphatic carbocycles. The number of hydrogen-bond donors (Lipinski definition) is 2. The van der Waals surface area contributed by atoms with Crippen molar-refractivity contribution < 1.29 is 9.53 Å². The second-order valence-electron chi connectivity index (χ2n) is 5.38. The molecule has 2 aromatic carbocycles. The van der Waals surface area contributed by atoms with Crippen LogP contribution in [0.1, 0.15) is 6.92 Å². The number of carbonyl (C=O) groups excluding carboxylic acids is 1. The number of rotatable bonds is 5. The molecule has 0 fully saturated rings. The predicted molar refractivity (Wildman–Crippen MR) is 98.0 cm³/mol. The van der Waals surface area contributed by atoms with Gasteiger partial charge in [-0.05, 0) is 30.3 Å². The molecule has 6 heteroatoms. The molecule has 3 aromatic rings. The molecule has 1 heterocycles. The largest absolute Gasteiger partial charge is 0.497 e. The molecule has 126 valence electrons. The zero-order valence-corrected chi connectivity index (χ0v) is 14.0. The molecule has 1 aromatic heterocycles. The van der Waals surface area contributed by atoms with Gasteiger partial charge in [-0.15, -0.1) is 0 Å². The number of aromatic nitrogens is 2. The van der Waals surface area contributed by atoms with Crippen molar-refractivity contribution in [2.75, 3.05) is 17.7 Å². The summed E-state index contributed by atoms with van der Waals surface area (Å²) in [6.45, 7) is 1.48. The lowest BCUT2D eigenvalue weighted by atomic mass is 10.1. The lowest BCUT2D eigenvalue weighted by molar-refractivity contribution is -0.114. The fraction of sp³-hybridized carbons (Fsp3) is 0.105. The lowest BCUT2D eigenvalue weighted by Gasteiger charge is -2.08. The first kappa shape index (κ1) is 16.4. The van der Waals surface area contributed by atoms with Gasteiger partial charge in [0.05, 0.1) is 12.8 Å². The van der Waals surface area contributed by atoms with Crippen LogP contribution in [0.25, 0.3) is 11.3 Å². The maximum atomic E-state index is 11.1. The summed E-state index contributed by atoms with van der Waals surface area (Å²) in [5.41, 5.74) is 3.32. The van der Waals surface area contributed by atoms with E-state index in [-0.39, 0.29) is 5.91 Å². The third-order valence-electron chi connectivity index (χ3n) is 3.48. The Morgan fingerprint density at radius 1 is 1.04 bits per heavy atom. The van der Waals surface area contributed by atoms with E-state index in [1.807, 2.05) is 54.6 Å². The first-order chi connectivity index (χ1) is 12.1. The van der Waals surface area contributed by atoms with Crippen LogP contribution in [0, 0.1) is 0 Å². The Labute approximate surface area is 145 Å². The molecule has 0 spiro atoms. The van der Waals surface area contributed by atoms with Crippen LogP contribution < -0.4 is 15.4 Å². The molecule has 0 atom stereocenters. The second kappa shape index (κ2) is 7.44. The van der Waals surface area contributed by atoms with Crippen LogP contribution in [0.2, 0.25) is 0 Å². The number of benzene rings is 2. The van der Waals surface area contributed by atoms with E-state index < -0.39 is 0 Å². The third kappa shape index (κ3) is 4.32. The van der Waals surface area contributed by atoms with Crippen LogP contribution in [0.4, 0.5) is 17.3 Å². The first-order valence-corrected chi connectivity index (χ1v) is 7.76. The Hall–Kier alpha value is -3.41. The zero-order valence-electron chi connectivity index (χ0n) is 14.0. The maximum absolute atomic E-state index is 11.1. The summed E-state index contributed by atoms with van der Waals surface area (Å²) in [5, 5.41) is 5.91. The number of ether oxygens (including phenoxy) is 1. The fourth-order valence-electron chi connectivity index (χ4n) is 2.34. The SMILES string of the molecule is COc1cccc(Nc2nccc(-c3ccc(NC(C)=O)cc3)n2)c1. The number of anilines is 3. The smallest absolute Gasteiger partial charge is 0.227 e. The van der Waals surface area contributed by atoms with E-state index in [0.29, 0.717) is 5.95 Å². The van der Waals surface area contributed by atoms with Crippen molar-refractivity contribution in [3.63, 3.8) is 0 Å². The van der Waals surface area contributed by atoms with E-state index in [1.165, 1.54) is 6.92 Å². The Kier molecular flexibility index (Phi) is 4.89. The highest BCUT2D eigenvalue weighted by atomic mass is 16.5. The highest BCUT2D eigenvalue weighted by Gasteiger charge is 2.04. The third-order valence-corrected chi connectivity index (χ3v) is 3.48. The van der Waals surface area contributed by atoms with Crippen LogP contribution in [0.15, 0.2) is 60.8 Å². The predicted octanol–water partition coefficient (Wildman–Crippen LogP) is 3.85. The van der Waals surface area contributed by atoms with Crippen molar-refractivity contribution in [1.29, 1.82) is 0 Å². The monoisotopic (exact) mass is 334 g/mol. The van der Waals surface area contributed by atoms with Gasteiger partial charge in [-0.2, -0.15) is 0 Å². The molecule has 0 aliphatic heterocycles. The summed E-state index contributed by atoms with van der Waals surface area (Å²) in [7, 11) is 1.63. The first-order valence-electron chi connectivity index (χ1n) is 7.76. The molecule has 3 rings (SSSR count). The summed E-state index contributed by atoms with van der Waals surface area (Å²) in [6.07, 6.45) is 1.70. The Morgan fingerprint density at radius 3 is 2.56 bits per heavy atom. The van der Waals surface area contributed by atoms with Gasteiger partial charge in [-0.3, -0.25) is 4.79 Å². The molecule has 0 radical (unpaired) electrons. The van der Waals surface area contributed by atoms with Crippen molar-refractivity contribution >= 4 is 23.2 Å². The van der Waals surface area contributed by atoms with E-state index >= 15 is 0 Å². The van der Waals surface area contributed by atoms with Crippen LogP contribution in [-0.2, 0) is 4.79 Å². The Bertz CT molecular complexity index is 879. The van der Waals surface area contributed by atoms with E-state index in [9.17, 15) is 4.79 Å². The zero-order chi connectivity index (χ0) is 17.6. The molecule has 25 heavy (non-hydrogen) atoms. The lowest BCUT2D eigenvalue weighted by Crippen LogP contribution is -2.05. The molecule has 6 nitrogen and oxygen atoms in total. The van der Waals surface area contributed by atoms with Crippen molar-refractivity contribution in [2.24, 2.45) is 0 Å². The molecule has 0 bridgehead atoms. The average Bonchev–Trinajstić information content (AvgIpc) is 2.62. The molecule has 2 N–H and O–H groups in total. The fourth-order valence-corrected chi connectivity index (χ4v) is 2.34. The number of amides is 1. The molecule has 1 amide bonds. The minimum Gasteiger partial charge on any atom is -0.497 e. The van der Waals surface area contributed by atoms with Gasteiger partial charge in [0.25, 0.3) is 0 Å². The van der Waals surface area contributed by atoms with Gasteiger partial charge >= 0.3 is 0 Å². The maximum Gasteiger partial charge on any atom is 0.227 e. The van der Waals surface area contributed by atoms with Gasteiger partial charge in [0.15, 0.2) is 0 Å². The molecule has 0 aliphatic rings. The Balaban J connectivity index is 1.80. The number of methoxy groups -OCH3 is 1. The van der Waals surface area contributed by atoms with Crippen molar-refractivity contribution in [2.45, 2.75) is 6.92 Å². The van der Waals surface area contributed by atoms with Gasteiger partial charge in [0, 0.05) is 36.1 Å². The van der Waals surface area contributed by atoms with E-state index in [0.717, 1.165) is 28.4 Å². The summed E-state index contributed by atoms with van der Waals surface area (Å²) in [4.78, 5) is 19.9. The minimum atomic E-state index is -0.0976. The average molecular weight is 334 g/mol. The quantitative estimate of drug-likeness (QED) is 0.741. The highest BCUT2D eigenvalue weighted by molar-refractivity contribution is 5.88. The van der Waals surface area contributed by atoms with Gasteiger partial charge in [0.1, 0.15) is 5.75 Å². The Morgan fingerprint density at radius 2 is 1.84 bits per heavy atom.